The Hall–Kier alpha value is -1.93. The van der Waals surface area contributed by atoms with Gasteiger partial charge in [0.05, 0.1) is 16.8 Å². The van der Waals surface area contributed by atoms with E-state index in [1.165, 1.54) is 0 Å². The molecule has 1 fully saturated rings. The van der Waals surface area contributed by atoms with E-state index in [0.717, 1.165) is 29.7 Å². The maximum atomic E-state index is 11.5. The van der Waals surface area contributed by atoms with Gasteiger partial charge in [0.2, 0.25) is 0 Å². The Morgan fingerprint density at radius 2 is 2.00 bits per heavy atom. The zero-order chi connectivity index (χ0) is 13.2. The molecule has 1 saturated heterocycles. The Bertz CT molecular complexity index is 683. The number of fused-ring (bicyclic) bond motifs is 1. The Morgan fingerprint density at radius 3 is 2.74 bits per heavy atom. The highest BCUT2D eigenvalue weighted by Gasteiger charge is 2.20. The average Bonchev–Trinajstić information content (AvgIpc) is 2.47. The molecule has 0 aliphatic carbocycles. The number of rotatable bonds is 1. The van der Waals surface area contributed by atoms with Crippen molar-refractivity contribution in [1.82, 2.24) is 4.98 Å². The molecule has 0 bridgehead atoms. The van der Waals surface area contributed by atoms with Crippen LogP contribution < -0.4 is 4.90 Å². The zero-order valence-corrected chi connectivity index (χ0v) is 11.2. The molecule has 3 rings (SSSR count). The Balaban J connectivity index is 2.15. The second kappa shape index (κ2) is 4.98. The molecule has 1 aliphatic rings. The third kappa shape index (κ3) is 2.20. The van der Waals surface area contributed by atoms with Crippen molar-refractivity contribution < 1.29 is 4.21 Å². The van der Waals surface area contributed by atoms with Gasteiger partial charge in [-0.3, -0.25) is 9.19 Å². The van der Waals surface area contributed by atoms with Crippen molar-refractivity contribution in [2.75, 3.05) is 29.5 Å². The summed E-state index contributed by atoms with van der Waals surface area (Å²) in [5.41, 5.74) is 2.42. The van der Waals surface area contributed by atoms with Gasteiger partial charge in [0, 0.05) is 47.0 Å². The second-order valence-corrected chi connectivity index (χ2v) is 6.18. The number of pyridine rings is 1. The van der Waals surface area contributed by atoms with E-state index in [1.807, 2.05) is 24.3 Å². The normalized spacial score (nSPS) is 16.5. The van der Waals surface area contributed by atoms with Crippen LogP contribution in [0.25, 0.3) is 10.9 Å². The fourth-order valence-corrected chi connectivity index (χ4v) is 3.46. The van der Waals surface area contributed by atoms with E-state index in [9.17, 15) is 9.47 Å². The minimum absolute atomic E-state index is 0.589. The van der Waals surface area contributed by atoms with Gasteiger partial charge >= 0.3 is 0 Å². The van der Waals surface area contributed by atoms with Gasteiger partial charge < -0.3 is 4.90 Å². The highest BCUT2D eigenvalue weighted by Crippen LogP contribution is 2.29. The summed E-state index contributed by atoms with van der Waals surface area (Å²) >= 11 is 0. The summed E-state index contributed by atoms with van der Waals surface area (Å²) in [5, 5.41) is 10.3. The molecule has 0 atom stereocenters. The molecule has 96 valence electrons. The molecule has 0 saturated carbocycles. The molecule has 1 aromatic heterocycles. The molecule has 0 N–H and O–H groups in total. The number of hydrogen-bond acceptors (Lipinski definition) is 4. The summed E-state index contributed by atoms with van der Waals surface area (Å²) in [7, 11) is -0.717. The summed E-state index contributed by atoms with van der Waals surface area (Å²) in [5.74, 6) is 1.34. The van der Waals surface area contributed by atoms with Gasteiger partial charge in [0.25, 0.3) is 0 Å². The predicted octanol–water partition coefficient (Wildman–Crippen LogP) is 1.68. The molecule has 0 unspecified atom stereocenters. The Kier molecular flexibility index (Phi) is 3.18. The molecule has 2 aromatic rings. The first-order valence-electron chi connectivity index (χ1n) is 6.17. The summed E-state index contributed by atoms with van der Waals surface area (Å²) in [4.78, 5) is 6.47. The molecule has 0 spiro atoms. The number of aromatic nitrogens is 1. The van der Waals surface area contributed by atoms with Crippen LogP contribution in [0.2, 0.25) is 0 Å². The Morgan fingerprint density at radius 1 is 1.26 bits per heavy atom. The first kappa shape index (κ1) is 12.1. The molecule has 5 heteroatoms. The molecule has 0 radical (unpaired) electrons. The topological polar surface area (TPSA) is 57.0 Å². The minimum atomic E-state index is -0.717. The van der Waals surface area contributed by atoms with Crippen LogP contribution >= 0.6 is 0 Å². The lowest BCUT2D eigenvalue weighted by atomic mass is 10.1. The monoisotopic (exact) mass is 271 g/mol. The summed E-state index contributed by atoms with van der Waals surface area (Å²) in [6.07, 6.45) is 1.63. The molecule has 1 aliphatic heterocycles. The van der Waals surface area contributed by atoms with Crippen LogP contribution in [0.5, 0.6) is 0 Å². The van der Waals surface area contributed by atoms with Crippen LogP contribution in [-0.4, -0.2) is 33.8 Å². The van der Waals surface area contributed by atoms with Gasteiger partial charge in [-0.2, -0.15) is 5.26 Å². The smallest absolute Gasteiger partial charge is 0.103 e. The maximum Gasteiger partial charge on any atom is 0.103 e. The predicted molar refractivity (Wildman–Crippen MR) is 76.5 cm³/mol. The van der Waals surface area contributed by atoms with E-state index < -0.39 is 10.8 Å². The van der Waals surface area contributed by atoms with Crippen molar-refractivity contribution in [3.63, 3.8) is 0 Å². The SMILES string of the molecule is N#Cc1cnc2ccccc2c1N1CCS(=O)CC1. The van der Waals surface area contributed by atoms with Crippen LogP contribution in [0.1, 0.15) is 5.56 Å². The molecule has 19 heavy (non-hydrogen) atoms. The van der Waals surface area contributed by atoms with Gasteiger partial charge in [-0.1, -0.05) is 18.2 Å². The van der Waals surface area contributed by atoms with E-state index in [-0.39, 0.29) is 0 Å². The van der Waals surface area contributed by atoms with E-state index in [2.05, 4.69) is 16.0 Å². The number of nitriles is 1. The van der Waals surface area contributed by atoms with Crippen LogP contribution in [0.4, 0.5) is 5.69 Å². The lowest BCUT2D eigenvalue weighted by Crippen LogP contribution is -2.38. The van der Waals surface area contributed by atoms with Crippen LogP contribution in [0.3, 0.4) is 0 Å². The third-order valence-electron chi connectivity index (χ3n) is 3.36. The number of benzene rings is 1. The van der Waals surface area contributed by atoms with Gasteiger partial charge in [-0.25, -0.2) is 0 Å². The number of anilines is 1. The third-order valence-corrected chi connectivity index (χ3v) is 4.64. The molecule has 4 nitrogen and oxygen atoms in total. The fraction of sp³-hybridized carbons (Fsp3) is 0.286. The van der Waals surface area contributed by atoms with Gasteiger partial charge in [-0.05, 0) is 6.07 Å². The lowest BCUT2D eigenvalue weighted by Gasteiger charge is -2.30. The number of hydrogen-bond donors (Lipinski definition) is 0. The number of para-hydroxylation sites is 1. The average molecular weight is 271 g/mol. The molecule has 1 aromatic carbocycles. The van der Waals surface area contributed by atoms with Crippen LogP contribution in [0.15, 0.2) is 30.5 Å². The minimum Gasteiger partial charge on any atom is -0.368 e. The van der Waals surface area contributed by atoms with Crippen LogP contribution in [-0.2, 0) is 10.8 Å². The van der Waals surface area contributed by atoms with Crippen molar-refractivity contribution in [3.05, 3.63) is 36.0 Å². The van der Waals surface area contributed by atoms with Crippen molar-refractivity contribution >= 4 is 27.4 Å². The highest BCUT2D eigenvalue weighted by molar-refractivity contribution is 7.85. The quantitative estimate of drug-likeness (QED) is 0.791. The van der Waals surface area contributed by atoms with Gasteiger partial charge in [-0.15, -0.1) is 0 Å². The van der Waals surface area contributed by atoms with E-state index >= 15 is 0 Å². The van der Waals surface area contributed by atoms with Crippen LogP contribution in [0, 0.1) is 11.3 Å². The first-order valence-corrected chi connectivity index (χ1v) is 7.66. The van der Waals surface area contributed by atoms with Crippen molar-refractivity contribution in [2.45, 2.75) is 0 Å². The van der Waals surface area contributed by atoms with Crippen molar-refractivity contribution in [1.29, 1.82) is 5.26 Å². The van der Waals surface area contributed by atoms with E-state index in [4.69, 9.17) is 0 Å². The highest BCUT2D eigenvalue weighted by atomic mass is 32.2. The summed E-state index contributed by atoms with van der Waals surface area (Å²) < 4.78 is 11.5. The Labute approximate surface area is 114 Å². The second-order valence-electron chi connectivity index (χ2n) is 4.48. The largest absolute Gasteiger partial charge is 0.368 e. The first-order chi connectivity index (χ1) is 9.29. The lowest BCUT2D eigenvalue weighted by molar-refractivity contribution is 0.673. The fourth-order valence-electron chi connectivity index (χ4n) is 2.41. The zero-order valence-electron chi connectivity index (χ0n) is 10.4. The van der Waals surface area contributed by atoms with Gasteiger partial charge in [0.1, 0.15) is 6.07 Å². The molecule has 2 heterocycles. The van der Waals surface area contributed by atoms with E-state index in [1.54, 1.807) is 6.20 Å². The molecular weight excluding hydrogens is 258 g/mol. The van der Waals surface area contributed by atoms with Crippen molar-refractivity contribution in [2.24, 2.45) is 0 Å². The molecule has 0 amide bonds. The standard InChI is InChI=1S/C14H13N3OS/c15-9-11-10-16-13-4-2-1-3-12(13)14(11)17-5-7-19(18)8-6-17/h1-4,10H,5-8H2. The van der Waals surface area contributed by atoms with E-state index in [0.29, 0.717) is 17.1 Å². The van der Waals surface area contributed by atoms with Crippen molar-refractivity contribution in [3.8, 4) is 6.07 Å². The maximum absolute atomic E-state index is 11.5. The van der Waals surface area contributed by atoms with Gasteiger partial charge in [0.15, 0.2) is 0 Å². The summed E-state index contributed by atoms with van der Waals surface area (Å²) in [6, 6.07) is 10.0. The summed E-state index contributed by atoms with van der Waals surface area (Å²) in [6.45, 7) is 1.46. The number of nitrogens with zero attached hydrogens (tertiary/aromatic N) is 3. The molecular formula is C14H13N3OS.